The highest BCUT2D eigenvalue weighted by Gasteiger charge is 2.23. The number of ether oxygens (including phenoxy) is 2. The Bertz CT molecular complexity index is 1490. The lowest BCUT2D eigenvalue weighted by Crippen LogP contribution is -2.37. The Morgan fingerprint density at radius 1 is 1.12 bits per heavy atom. The van der Waals surface area contributed by atoms with Gasteiger partial charge in [0.1, 0.15) is 40.9 Å². The lowest BCUT2D eigenvalue weighted by Gasteiger charge is -2.29. The Morgan fingerprint density at radius 3 is 2.68 bits per heavy atom. The first kappa shape index (κ1) is 28.7. The van der Waals surface area contributed by atoms with Crippen LogP contribution in [-0.2, 0) is 16.1 Å². The summed E-state index contributed by atoms with van der Waals surface area (Å²) in [6.45, 7) is 2.15. The Morgan fingerprint density at radius 2 is 1.95 bits per heavy atom. The molecule has 3 heterocycles. The summed E-state index contributed by atoms with van der Waals surface area (Å²) in [5.41, 5.74) is 13.6. The van der Waals surface area contributed by atoms with E-state index in [1.54, 1.807) is 36.5 Å². The number of nitrogens with zero attached hydrogens (tertiary/aromatic N) is 4. The molecule has 0 bridgehead atoms. The third-order valence-corrected chi connectivity index (χ3v) is 7.58. The number of fused-ring (bicyclic) bond motifs is 1. The monoisotopic (exact) mass is 583 g/mol. The molecule has 1 atom stereocenters. The van der Waals surface area contributed by atoms with Crippen LogP contribution in [0.15, 0.2) is 48.7 Å². The van der Waals surface area contributed by atoms with Gasteiger partial charge in [0.2, 0.25) is 0 Å². The summed E-state index contributed by atoms with van der Waals surface area (Å²) in [6, 6.07) is 11.8. The maximum absolute atomic E-state index is 15.8. The van der Waals surface area contributed by atoms with E-state index in [0.29, 0.717) is 71.5 Å². The average Bonchev–Trinajstić information content (AvgIpc) is 3.00. The highest BCUT2D eigenvalue weighted by molar-refractivity contribution is 7.92. The van der Waals surface area contributed by atoms with Crippen LogP contribution in [0.25, 0.3) is 33.4 Å². The van der Waals surface area contributed by atoms with E-state index in [1.807, 2.05) is 6.07 Å². The van der Waals surface area contributed by atoms with Crippen molar-refractivity contribution in [3.63, 3.8) is 0 Å². The maximum Gasteiger partial charge on any atom is 0.163 e. The van der Waals surface area contributed by atoms with Gasteiger partial charge in [-0.3, -0.25) is 4.39 Å². The fraction of sp³-hybridized carbons (Fsp3) is 0.321. The van der Waals surface area contributed by atoms with Gasteiger partial charge in [0.15, 0.2) is 11.6 Å². The molecule has 10 nitrogen and oxygen atoms in total. The summed E-state index contributed by atoms with van der Waals surface area (Å²) in [4.78, 5) is 16.0. The Kier molecular flexibility index (Phi) is 9.29. The van der Waals surface area contributed by atoms with Crippen LogP contribution in [0.4, 0.5) is 26.1 Å². The molecule has 41 heavy (non-hydrogen) atoms. The predicted octanol–water partition coefficient (Wildman–Crippen LogP) is 3.69. The van der Waals surface area contributed by atoms with Gasteiger partial charge in [-0.15, -0.1) is 0 Å². The number of morpholine rings is 1. The van der Waals surface area contributed by atoms with E-state index in [2.05, 4.69) is 14.6 Å². The van der Waals surface area contributed by atoms with Gasteiger partial charge in [-0.1, -0.05) is 12.1 Å². The SMILES string of the molecule is NCCOc1cc(-c2cccc(N[S+]([O-])CCCF)c2F)cc2c(N3CCOCC3)nc(-c3ccc(N)nc3)nc12. The Balaban J connectivity index is 1.67. The van der Waals surface area contributed by atoms with Crippen molar-refractivity contribution in [2.24, 2.45) is 5.73 Å². The molecule has 1 aliphatic rings. The van der Waals surface area contributed by atoms with Crippen molar-refractivity contribution in [3.8, 4) is 28.3 Å². The van der Waals surface area contributed by atoms with Crippen LogP contribution in [0.3, 0.4) is 0 Å². The van der Waals surface area contributed by atoms with Gasteiger partial charge >= 0.3 is 0 Å². The zero-order valence-corrected chi connectivity index (χ0v) is 23.1. The molecule has 0 spiro atoms. The van der Waals surface area contributed by atoms with Crippen molar-refractivity contribution < 1.29 is 22.8 Å². The number of nitrogens with two attached hydrogens (primary N) is 2. The molecule has 0 amide bonds. The van der Waals surface area contributed by atoms with Crippen molar-refractivity contribution in [2.45, 2.75) is 6.42 Å². The van der Waals surface area contributed by atoms with Crippen LogP contribution in [0.2, 0.25) is 0 Å². The summed E-state index contributed by atoms with van der Waals surface area (Å²) < 4.78 is 54.9. The number of hydrogen-bond acceptors (Lipinski definition) is 10. The number of hydrogen-bond donors (Lipinski definition) is 3. The first-order valence-corrected chi connectivity index (χ1v) is 14.5. The zero-order chi connectivity index (χ0) is 28.8. The first-order valence-electron chi connectivity index (χ1n) is 13.2. The molecule has 2 aromatic carbocycles. The summed E-state index contributed by atoms with van der Waals surface area (Å²) >= 11 is -1.63. The molecular formula is C28H31F2N7O3S. The standard InChI is InChI=1S/C28H31F2N7O3S/c29-7-2-14-41(38)36-22-4-1-3-20(25(22)30)19-15-21-26(23(16-19)40-11-8-31)34-27(18-5-6-24(32)33-17-18)35-28(21)37-9-12-39-13-10-37/h1,3-6,15-17,36H,2,7-14,31H2,(H2,32,33). The molecule has 0 aliphatic carbocycles. The zero-order valence-electron chi connectivity index (χ0n) is 22.3. The van der Waals surface area contributed by atoms with Gasteiger partial charge in [0.05, 0.1) is 31.3 Å². The molecule has 1 saturated heterocycles. The van der Waals surface area contributed by atoms with Crippen LogP contribution < -0.4 is 25.8 Å². The molecule has 1 fully saturated rings. The second-order valence-corrected chi connectivity index (χ2v) is 10.6. The average molecular weight is 584 g/mol. The highest BCUT2D eigenvalue weighted by atomic mass is 32.2. The molecular weight excluding hydrogens is 552 g/mol. The number of nitrogen functional groups attached to an aromatic ring is 1. The van der Waals surface area contributed by atoms with Gasteiger partial charge < -0.3 is 30.4 Å². The smallest absolute Gasteiger partial charge is 0.163 e. The second kappa shape index (κ2) is 13.3. The molecule has 4 aromatic rings. The molecule has 1 unspecified atom stereocenters. The minimum absolute atomic E-state index is 0.0556. The van der Waals surface area contributed by atoms with Gasteiger partial charge in [-0.25, -0.2) is 24.1 Å². The van der Waals surface area contributed by atoms with E-state index < -0.39 is 23.9 Å². The molecule has 5 rings (SSSR count). The Hall–Kier alpha value is -3.78. The van der Waals surface area contributed by atoms with E-state index >= 15 is 4.39 Å². The van der Waals surface area contributed by atoms with Crippen LogP contribution in [0, 0.1) is 5.82 Å². The van der Waals surface area contributed by atoms with Crippen molar-refractivity contribution in [3.05, 3.63) is 54.5 Å². The van der Waals surface area contributed by atoms with Crippen molar-refractivity contribution in [1.29, 1.82) is 0 Å². The maximum atomic E-state index is 15.8. The minimum atomic E-state index is -1.63. The Labute approximate surface area is 239 Å². The minimum Gasteiger partial charge on any atom is -0.593 e. The van der Waals surface area contributed by atoms with Crippen LogP contribution in [-0.4, -0.2) is 71.4 Å². The molecule has 216 valence electrons. The number of benzene rings is 2. The topological polar surface area (TPSA) is 148 Å². The van der Waals surface area contributed by atoms with E-state index in [-0.39, 0.29) is 36.6 Å². The number of halogens is 2. The third kappa shape index (κ3) is 6.59. The number of alkyl halides is 1. The van der Waals surface area contributed by atoms with Crippen molar-refractivity contribution in [1.82, 2.24) is 15.0 Å². The first-order chi connectivity index (χ1) is 20.0. The van der Waals surface area contributed by atoms with Crippen LogP contribution in [0.1, 0.15) is 6.42 Å². The van der Waals surface area contributed by atoms with Gasteiger partial charge in [0.25, 0.3) is 0 Å². The lowest BCUT2D eigenvalue weighted by atomic mass is 10.0. The fourth-order valence-electron chi connectivity index (χ4n) is 4.50. The second-order valence-electron chi connectivity index (χ2n) is 9.31. The van der Waals surface area contributed by atoms with E-state index in [1.165, 1.54) is 6.07 Å². The normalized spacial score (nSPS) is 14.3. The number of rotatable bonds is 11. The molecule has 1 aliphatic heterocycles. The van der Waals surface area contributed by atoms with E-state index in [4.69, 9.17) is 30.9 Å². The fourth-order valence-corrected chi connectivity index (χ4v) is 5.37. The summed E-state index contributed by atoms with van der Waals surface area (Å²) in [7, 11) is 0. The van der Waals surface area contributed by atoms with E-state index in [9.17, 15) is 8.94 Å². The number of pyridine rings is 1. The summed E-state index contributed by atoms with van der Waals surface area (Å²) in [5.74, 6) is 1.35. The number of nitrogens with one attached hydrogen (secondary N) is 1. The highest BCUT2D eigenvalue weighted by Crippen LogP contribution is 2.39. The van der Waals surface area contributed by atoms with Crippen LogP contribution in [0.5, 0.6) is 5.75 Å². The molecule has 0 saturated carbocycles. The van der Waals surface area contributed by atoms with Crippen LogP contribution >= 0.6 is 0 Å². The van der Waals surface area contributed by atoms with Gasteiger partial charge in [-0.2, -0.15) is 0 Å². The van der Waals surface area contributed by atoms with E-state index in [0.717, 1.165) is 0 Å². The predicted molar refractivity (Wildman–Crippen MR) is 157 cm³/mol. The number of anilines is 3. The summed E-state index contributed by atoms with van der Waals surface area (Å²) in [6.07, 6.45) is 1.73. The molecule has 0 radical (unpaired) electrons. The quantitative estimate of drug-likeness (QED) is 0.223. The number of aromatic nitrogens is 3. The largest absolute Gasteiger partial charge is 0.593 e. The molecule has 13 heteroatoms. The molecule has 5 N–H and O–H groups in total. The van der Waals surface area contributed by atoms with Gasteiger partial charge in [0, 0.05) is 48.8 Å². The third-order valence-electron chi connectivity index (χ3n) is 6.47. The van der Waals surface area contributed by atoms with Crippen molar-refractivity contribution >= 4 is 39.6 Å². The van der Waals surface area contributed by atoms with Gasteiger partial charge in [-0.05, 0) is 35.9 Å². The lowest BCUT2D eigenvalue weighted by molar-refractivity contribution is 0.122. The molecule has 2 aromatic heterocycles. The summed E-state index contributed by atoms with van der Waals surface area (Å²) in [5, 5.41) is 0.660. The van der Waals surface area contributed by atoms with Crippen molar-refractivity contribution in [2.75, 3.05) is 67.2 Å².